The molecule has 0 bridgehead atoms. The van der Waals surface area contributed by atoms with E-state index in [0.29, 0.717) is 28.0 Å². The SMILES string of the molecule is N#Cc1ccc2c(c1)/C(=C\c1ccccc1[N+](=O)[O-])C(=O)N2. The van der Waals surface area contributed by atoms with Gasteiger partial charge < -0.3 is 5.32 Å². The topological polar surface area (TPSA) is 96.0 Å². The number of benzene rings is 2. The van der Waals surface area contributed by atoms with E-state index in [2.05, 4.69) is 5.32 Å². The summed E-state index contributed by atoms with van der Waals surface area (Å²) in [5, 5.41) is 22.7. The maximum Gasteiger partial charge on any atom is 0.276 e. The first-order chi connectivity index (χ1) is 10.6. The monoisotopic (exact) mass is 291 g/mol. The van der Waals surface area contributed by atoms with E-state index in [0.717, 1.165) is 0 Å². The van der Waals surface area contributed by atoms with Crippen molar-refractivity contribution >= 4 is 28.9 Å². The summed E-state index contributed by atoms with van der Waals surface area (Å²) in [4.78, 5) is 22.6. The Morgan fingerprint density at radius 2 is 2.00 bits per heavy atom. The van der Waals surface area contributed by atoms with E-state index in [1.54, 1.807) is 36.4 Å². The molecule has 1 N–H and O–H groups in total. The lowest BCUT2D eigenvalue weighted by Crippen LogP contribution is -2.03. The second-order valence-electron chi connectivity index (χ2n) is 4.70. The summed E-state index contributed by atoms with van der Waals surface area (Å²) in [7, 11) is 0. The Bertz CT molecular complexity index is 878. The quantitative estimate of drug-likeness (QED) is 0.522. The third-order valence-corrected chi connectivity index (χ3v) is 3.36. The standard InChI is InChI=1S/C16H9N3O3/c17-9-10-5-6-14-12(7-10)13(16(20)18-14)8-11-3-1-2-4-15(11)19(21)22/h1-8H,(H,18,20)/b13-8+. The molecule has 0 aliphatic carbocycles. The van der Waals surface area contributed by atoms with Crippen LogP contribution in [-0.2, 0) is 4.79 Å². The van der Waals surface area contributed by atoms with Crippen molar-refractivity contribution in [3.63, 3.8) is 0 Å². The molecule has 1 aliphatic rings. The van der Waals surface area contributed by atoms with E-state index >= 15 is 0 Å². The predicted octanol–water partition coefficient (Wildman–Crippen LogP) is 2.96. The minimum absolute atomic E-state index is 0.0762. The van der Waals surface area contributed by atoms with Gasteiger partial charge in [0.1, 0.15) is 0 Å². The highest BCUT2D eigenvalue weighted by atomic mass is 16.6. The van der Waals surface area contributed by atoms with E-state index < -0.39 is 4.92 Å². The Morgan fingerprint density at radius 3 is 2.73 bits per heavy atom. The molecule has 0 radical (unpaired) electrons. The van der Waals surface area contributed by atoms with Crippen molar-refractivity contribution in [2.45, 2.75) is 0 Å². The largest absolute Gasteiger partial charge is 0.321 e. The van der Waals surface area contributed by atoms with Crippen molar-refractivity contribution in [3.8, 4) is 6.07 Å². The Labute approximate surface area is 125 Å². The maximum atomic E-state index is 12.1. The Morgan fingerprint density at radius 1 is 1.23 bits per heavy atom. The number of nitrogens with one attached hydrogen (secondary N) is 1. The van der Waals surface area contributed by atoms with Gasteiger partial charge in [0.2, 0.25) is 0 Å². The van der Waals surface area contributed by atoms with Gasteiger partial charge in [-0.1, -0.05) is 12.1 Å². The number of hydrogen-bond donors (Lipinski definition) is 1. The van der Waals surface area contributed by atoms with E-state index in [1.165, 1.54) is 12.1 Å². The number of hydrogen-bond acceptors (Lipinski definition) is 4. The van der Waals surface area contributed by atoms with Gasteiger partial charge in [-0.3, -0.25) is 14.9 Å². The smallest absolute Gasteiger partial charge is 0.276 e. The minimum Gasteiger partial charge on any atom is -0.321 e. The van der Waals surface area contributed by atoms with Gasteiger partial charge in [-0.15, -0.1) is 0 Å². The second kappa shape index (κ2) is 5.14. The van der Waals surface area contributed by atoms with Crippen LogP contribution in [0.3, 0.4) is 0 Å². The van der Waals surface area contributed by atoms with Crippen LogP contribution in [0.15, 0.2) is 42.5 Å². The van der Waals surface area contributed by atoms with Crippen LogP contribution in [-0.4, -0.2) is 10.8 Å². The van der Waals surface area contributed by atoms with Crippen LogP contribution in [0.1, 0.15) is 16.7 Å². The van der Waals surface area contributed by atoms with Gasteiger partial charge in [-0.2, -0.15) is 5.26 Å². The van der Waals surface area contributed by atoms with Crippen molar-refractivity contribution in [2.24, 2.45) is 0 Å². The summed E-state index contributed by atoms with van der Waals surface area (Å²) in [6.45, 7) is 0. The first-order valence-corrected chi connectivity index (χ1v) is 6.41. The molecule has 3 rings (SSSR count). The molecule has 2 aromatic rings. The zero-order valence-corrected chi connectivity index (χ0v) is 11.2. The predicted molar refractivity (Wildman–Crippen MR) is 80.8 cm³/mol. The Kier molecular flexibility index (Phi) is 3.16. The number of nitro benzene ring substituents is 1. The van der Waals surface area contributed by atoms with Crippen molar-refractivity contribution in [3.05, 3.63) is 69.3 Å². The number of carbonyl (C=O) groups is 1. The Hall–Kier alpha value is -3.46. The van der Waals surface area contributed by atoms with Crippen LogP contribution in [0.2, 0.25) is 0 Å². The van der Waals surface area contributed by atoms with Crippen LogP contribution in [0, 0.1) is 21.4 Å². The fraction of sp³-hybridized carbons (Fsp3) is 0. The lowest BCUT2D eigenvalue weighted by atomic mass is 10.0. The van der Waals surface area contributed by atoms with Crippen LogP contribution in [0.25, 0.3) is 11.6 Å². The molecule has 2 aromatic carbocycles. The van der Waals surface area contributed by atoms with Crippen molar-refractivity contribution in [1.82, 2.24) is 0 Å². The van der Waals surface area contributed by atoms with Gasteiger partial charge in [-0.05, 0) is 30.3 Å². The molecule has 6 heteroatoms. The van der Waals surface area contributed by atoms with Gasteiger partial charge in [-0.25, -0.2) is 0 Å². The number of fused-ring (bicyclic) bond motifs is 1. The molecule has 0 saturated carbocycles. The normalized spacial score (nSPS) is 14.3. The molecule has 6 nitrogen and oxygen atoms in total. The number of nitro groups is 1. The van der Waals surface area contributed by atoms with E-state index in [1.807, 2.05) is 6.07 Å². The molecule has 1 aliphatic heterocycles. The number of carbonyl (C=O) groups excluding carboxylic acids is 1. The molecule has 0 unspecified atom stereocenters. The summed E-state index contributed by atoms with van der Waals surface area (Å²) in [6, 6.07) is 13.0. The molecular formula is C16H9N3O3. The first kappa shape index (κ1) is 13.5. The third-order valence-electron chi connectivity index (χ3n) is 3.36. The molecule has 1 heterocycles. The van der Waals surface area contributed by atoms with Crippen LogP contribution >= 0.6 is 0 Å². The summed E-state index contributed by atoms with van der Waals surface area (Å²) in [5.74, 6) is -0.344. The van der Waals surface area contributed by atoms with E-state index in [-0.39, 0.29) is 11.6 Å². The van der Waals surface area contributed by atoms with Crippen molar-refractivity contribution in [2.75, 3.05) is 5.32 Å². The Balaban J connectivity index is 2.16. The molecule has 0 saturated heterocycles. The number of nitrogens with zero attached hydrogens (tertiary/aromatic N) is 2. The van der Waals surface area contributed by atoms with E-state index in [4.69, 9.17) is 5.26 Å². The molecule has 22 heavy (non-hydrogen) atoms. The molecule has 0 atom stereocenters. The lowest BCUT2D eigenvalue weighted by Gasteiger charge is -2.00. The fourth-order valence-corrected chi connectivity index (χ4v) is 2.33. The van der Waals surface area contributed by atoms with Gasteiger partial charge in [0.05, 0.1) is 22.1 Å². The van der Waals surface area contributed by atoms with Gasteiger partial charge in [0.15, 0.2) is 0 Å². The van der Waals surface area contributed by atoms with Crippen LogP contribution < -0.4 is 5.32 Å². The fourth-order valence-electron chi connectivity index (χ4n) is 2.33. The second-order valence-corrected chi connectivity index (χ2v) is 4.70. The number of anilines is 1. The van der Waals surface area contributed by atoms with Gasteiger partial charge >= 0.3 is 0 Å². The molecule has 1 amide bonds. The number of nitriles is 1. The van der Waals surface area contributed by atoms with Gasteiger partial charge in [0.25, 0.3) is 11.6 Å². The van der Waals surface area contributed by atoms with Crippen LogP contribution in [0.5, 0.6) is 0 Å². The van der Waals surface area contributed by atoms with E-state index in [9.17, 15) is 14.9 Å². The highest BCUT2D eigenvalue weighted by molar-refractivity contribution is 6.35. The number of amides is 1. The molecular weight excluding hydrogens is 282 g/mol. The average molecular weight is 291 g/mol. The lowest BCUT2D eigenvalue weighted by molar-refractivity contribution is -0.385. The zero-order valence-electron chi connectivity index (χ0n) is 11.2. The molecule has 106 valence electrons. The highest BCUT2D eigenvalue weighted by Gasteiger charge is 2.25. The zero-order chi connectivity index (χ0) is 15.7. The van der Waals surface area contributed by atoms with Crippen molar-refractivity contribution < 1.29 is 9.72 Å². The molecule has 0 spiro atoms. The average Bonchev–Trinajstić information content (AvgIpc) is 2.83. The minimum atomic E-state index is -0.494. The van der Waals surface area contributed by atoms with Crippen LogP contribution in [0.4, 0.5) is 11.4 Å². The van der Waals surface area contributed by atoms with Gasteiger partial charge in [0, 0.05) is 22.9 Å². The van der Waals surface area contributed by atoms with Crippen molar-refractivity contribution in [1.29, 1.82) is 5.26 Å². The summed E-state index contributed by atoms with van der Waals surface area (Å²) in [6.07, 6.45) is 1.47. The summed E-state index contributed by atoms with van der Waals surface area (Å²) < 4.78 is 0. The number of rotatable bonds is 2. The molecule has 0 aromatic heterocycles. The summed E-state index contributed by atoms with van der Waals surface area (Å²) in [5.41, 5.74) is 2.15. The third kappa shape index (κ3) is 2.21. The first-order valence-electron chi connectivity index (χ1n) is 6.41. The molecule has 0 fully saturated rings. The maximum absolute atomic E-state index is 12.1. The highest BCUT2D eigenvalue weighted by Crippen LogP contribution is 2.35. The summed E-state index contributed by atoms with van der Waals surface area (Å²) >= 11 is 0. The number of para-hydroxylation sites is 1.